The SMILES string of the molecule is O=C(O)[C@H](Cc1c[nH]c2ccccc12)NCCNNCCCc1ccccc1. The number of para-hydroxylation sites is 1. The molecule has 0 aliphatic rings. The van der Waals surface area contributed by atoms with Crippen LogP contribution in [0.15, 0.2) is 60.8 Å². The number of H-pyrrole nitrogens is 1. The summed E-state index contributed by atoms with van der Waals surface area (Å²) in [6, 6.07) is 17.7. The molecule has 1 aromatic heterocycles. The molecule has 3 rings (SSSR count). The summed E-state index contributed by atoms with van der Waals surface area (Å²) in [6.07, 6.45) is 4.43. The number of carbonyl (C=O) groups is 1. The predicted octanol–water partition coefficient (Wildman–Crippen LogP) is 2.48. The van der Waals surface area contributed by atoms with Gasteiger partial charge in [-0.1, -0.05) is 48.5 Å². The predicted molar refractivity (Wildman–Crippen MR) is 112 cm³/mol. The lowest BCUT2D eigenvalue weighted by Crippen LogP contribution is -2.44. The number of fused-ring (bicyclic) bond motifs is 1. The van der Waals surface area contributed by atoms with E-state index in [4.69, 9.17) is 0 Å². The van der Waals surface area contributed by atoms with E-state index >= 15 is 0 Å². The molecule has 0 aliphatic heterocycles. The Balaban J connectivity index is 1.33. The zero-order valence-corrected chi connectivity index (χ0v) is 15.9. The number of rotatable bonds is 12. The first kappa shape index (κ1) is 20.1. The van der Waals surface area contributed by atoms with Crippen molar-refractivity contribution in [2.24, 2.45) is 0 Å². The zero-order valence-electron chi connectivity index (χ0n) is 15.9. The summed E-state index contributed by atoms with van der Waals surface area (Å²) in [7, 11) is 0. The Morgan fingerprint density at radius 1 is 0.964 bits per heavy atom. The van der Waals surface area contributed by atoms with Gasteiger partial charge < -0.3 is 15.4 Å². The molecule has 0 bridgehead atoms. The molecule has 0 saturated carbocycles. The minimum Gasteiger partial charge on any atom is -0.480 e. The van der Waals surface area contributed by atoms with Crippen LogP contribution in [0.3, 0.4) is 0 Å². The van der Waals surface area contributed by atoms with E-state index in [1.54, 1.807) is 0 Å². The maximum atomic E-state index is 11.6. The van der Waals surface area contributed by atoms with Crippen LogP contribution in [-0.2, 0) is 17.6 Å². The number of hydrogen-bond donors (Lipinski definition) is 5. The van der Waals surface area contributed by atoms with E-state index in [2.05, 4.69) is 45.4 Å². The standard InChI is InChI=1S/C22H28N4O2/c27-22(28)21(15-18-16-24-20-11-5-4-10-19(18)20)23-13-14-26-25-12-6-9-17-7-2-1-3-8-17/h1-5,7-8,10-11,16,21,23-26H,6,9,12-15H2,(H,27,28)/t21-/m0/s1. The van der Waals surface area contributed by atoms with Gasteiger partial charge in [-0.15, -0.1) is 0 Å². The van der Waals surface area contributed by atoms with Crippen LogP contribution < -0.4 is 16.2 Å². The normalized spacial score (nSPS) is 12.3. The van der Waals surface area contributed by atoms with Crippen LogP contribution in [0.5, 0.6) is 0 Å². The average Bonchev–Trinajstić information content (AvgIpc) is 3.12. The van der Waals surface area contributed by atoms with Crippen LogP contribution in [0.25, 0.3) is 10.9 Å². The van der Waals surface area contributed by atoms with Crippen molar-refractivity contribution >= 4 is 16.9 Å². The van der Waals surface area contributed by atoms with Crippen LogP contribution in [0.4, 0.5) is 0 Å². The lowest BCUT2D eigenvalue weighted by molar-refractivity contribution is -0.139. The van der Waals surface area contributed by atoms with Gasteiger partial charge in [0.2, 0.25) is 0 Å². The highest BCUT2D eigenvalue weighted by atomic mass is 16.4. The molecule has 1 atom stereocenters. The molecule has 5 N–H and O–H groups in total. The highest BCUT2D eigenvalue weighted by Crippen LogP contribution is 2.19. The lowest BCUT2D eigenvalue weighted by atomic mass is 10.1. The highest BCUT2D eigenvalue weighted by molar-refractivity contribution is 5.84. The second kappa shape index (κ2) is 10.6. The molecule has 2 aromatic carbocycles. The van der Waals surface area contributed by atoms with E-state index in [0.717, 1.165) is 35.9 Å². The van der Waals surface area contributed by atoms with Crippen LogP contribution in [0.2, 0.25) is 0 Å². The summed E-state index contributed by atoms with van der Waals surface area (Å²) in [6.45, 7) is 2.10. The molecular weight excluding hydrogens is 352 g/mol. The molecule has 148 valence electrons. The first-order valence-electron chi connectivity index (χ1n) is 9.75. The fourth-order valence-electron chi connectivity index (χ4n) is 3.28. The van der Waals surface area contributed by atoms with Gasteiger partial charge in [-0.25, -0.2) is 0 Å². The first-order chi connectivity index (χ1) is 13.7. The van der Waals surface area contributed by atoms with E-state index in [-0.39, 0.29) is 0 Å². The minimum absolute atomic E-state index is 0.448. The molecule has 0 saturated heterocycles. The van der Waals surface area contributed by atoms with Crippen molar-refractivity contribution in [3.8, 4) is 0 Å². The van der Waals surface area contributed by atoms with E-state index in [0.29, 0.717) is 19.5 Å². The Hall–Kier alpha value is -2.67. The number of hydrogen-bond acceptors (Lipinski definition) is 4. The molecule has 0 fully saturated rings. The number of aryl methyl sites for hydroxylation is 1. The maximum absolute atomic E-state index is 11.6. The smallest absolute Gasteiger partial charge is 0.321 e. The van der Waals surface area contributed by atoms with Gasteiger partial charge in [0.25, 0.3) is 0 Å². The molecule has 6 nitrogen and oxygen atoms in total. The first-order valence-corrected chi connectivity index (χ1v) is 9.75. The zero-order chi connectivity index (χ0) is 19.6. The van der Waals surface area contributed by atoms with Crippen LogP contribution in [0, 0.1) is 0 Å². The molecule has 6 heteroatoms. The van der Waals surface area contributed by atoms with Gasteiger partial charge in [-0.05, 0) is 30.0 Å². The Labute approximate surface area is 165 Å². The molecular formula is C22H28N4O2. The Bertz CT molecular complexity index is 863. The van der Waals surface area contributed by atoms with E-state index < -0.39 is 12.0 Å². The van der Waals surface area contributed by atoms with Gasteiger partial charge in [-0.2, -0.15) is 0 Å². The third kappa shape index (κ3) is 5.92. The molecule has 0 spiro atoms. The van der Waals surface area contributed by atoms with E-state index in [9.17, 15) is 9.90 Å². The molecule has 3 aromatic rings. The summed E-state index contributed by atoms with van der Waals surface area (Å²) >= 11 is 0. The number of aliphatic carboxylic acids is 1. The van der Waals surface area contributed by atoms with Crippen molar-refractivity contribution in [1.29, 1.82) is 0 Å². The average molecular weight is 380 g/mol. The van der Waals surface area contributed by atoms with Gasteiger partial charge in [0, 0.05) is 43.2 Å². The van der Waals surface area contributed by atoms with Crippen molar-refractivity contribution in [2.75, 3.05) is 19.6 Å². The number of hydrazine groups is 1. The Morgan fingerprint density at radius 2 is 1.71 bits per heavy atom. The third-order valence-electron chi connectivity index (χ3n) is 4.77. The Kier molecular flexibility index (Phi) is 7.61. The van der Waals surface area contributed by atoms with Crippen LogP contribution in [0.1, 0.15) is 17.5 Å². The highest BCUT2D eigenvalue weighted by Gasteiger charge is 2.18. The third-order valence-corrected chi connectivity index (χ3v) is 4.77. The molecule has 1 heterocycles. The molecule has 0 radical (unpaired) electrons. The summed E-state index contributed by atoms with van der Waals surface area (Å²) in [5.74, 6) is -0.832. The van der Waals surface area contributed by atoms with Crippen molar-refractivity contribution in [2.45, 2.75) is 25.3 Å². The summed E-state index contributed by atoms with van der Waals surface area (Å²) in [4.78, 5) is 14.8. The fourth-order valence-corrected chi connectivity index (χ4v) is 3.28. The van der Waals surface area contributed by atoms with Crippen molar-refractivity contribution in [3.05, 3.63) is 71.9 Å². The summed E-state index contributed by atoms with van der Waals surface area (Å²) in [5, 5.41) is 13.7. The molecule has 28 heavy (non-hydrogen) atoms. The number of carboxylic acid groups (broad SMARTS) is 1. The van der Waals surface area contributed by atoms with E-state index in [1.807, 2.05) is 36.5 Å². The number of carboxylic acids is 1. The summed E-state index contributed by atoms with van der Waals surface area (Å²) in [5.41, 5.74) is 9.72. The minimum atomic E-state index is -0.832. The van der Waals surface area contributed by atoms with Gasteiger partial charge >= 0.3 is 5.97 Å². The van der Waals surface area contributed by atoms with Crippen molar-refractivity contribution in [1.82, 2.24) is 21.2 Å². The monoisotopic (exact) mass is 380 g/mol. The number of benzene rings is 2. The lowest BCUT2D eigenvalue weighted by Gasteiger charge is -2.15. The maximum Gasteiger partial charge on any atom is 0.321 e. The van der Waals surface area contributed by atoms with Crippen LogP contribution >= 0.6 is 0 Å². The van der Waals surface area contributed by atoms with E-state index in [1.165, 1.54) is 5.56 Å². The molecule has 0 amide bonds. The van der Waals surface area contributed by atoms with Crippen LogP contribution in [-0.4, -0.2) is 41.7 Å². The van der Waals surface area contributed by atoms with Crippen molar-refractivity contribution < 1.29 is 9.90 Å². The number of aromatic amines is 1. The largest absolute Gasteiger partial charge is 0.480 e. The number of aromatic nitrogens is 1. The van der Waals surface area contributed by atoms with Gasteiger partial charge in [0.1, 0.15) is 6.04 Å². The molecule has 0 aliphatic carbocycles. The van der Waals surface area contributed by atoms with Gasteiger partial charge in [0.05, 0.1) is 0 Å². The number of nitrogens with one attached hydrogen (secondary N) is 4. The second-order valence-corrected chi connectivity index (χ2v) is 6.85. The van der Waals surface area contributed by atoms with Crippen molar-refractivity contribution in [3.63, 3.8) is 0 Å². The second-order valence-electron chi connectivity index (χ2n) is 6.85. The quantitative estimate of drug-likeness (QED) is 0.246. The fraction of sp³-hybridized carbons (Fsp3) is 0.318. The Morgan fingerprint density at radius 3 is 2.54 bits per heavy atom. The van der Waals surface area contributed by atoms with Gasteiger partial charge in [-0.3, -0.25) is 15.6 Å². The van der Waals surface area contributed by atoms with Gasteiger partial charge in [0.15, 0.2) is 0 Å². The summed E-state index contributed by atoms with van der Waals surface area (Å²) < 4.78 is 0. The molecule has 0 unspecified atom stereocenters. The topological polar surface area (TPSA) is 89.2 Å².